The van der Waals surface area contributed by atoms with Crippen molar-refractivity contribution in [3.05, 3.63) is 10.1 Å². The number of nitrogens with zero attached hydrogens (tertiary/aromatic N) is 1. The van der Waals surface area contributed by atoms with Crippen LogP contribution in [-0.2, 0) is 36.6 Å². The summed E-state index contributed by atoms with van der Waals surface area (Å²) in [6.07, 6.45) is 0. The van der Waals surface area contributed by atoms with E-state index in [1.165, 1.54) is 0 Å². The van der Waals surface area contributed by atoms with E-state index >= 15 is 0 Å². The third-order valence-electron chi connectivity index (χ3n) is 0. The second-order valence-electron chi connectivity index (χ2n) is 1.02. The van der Waals surface area contributed by atoms with E-state index in [1.807, 2.05) is 0 Å². The summed E-state index contributed by atoms with van der Waals surface area (Å²) in [6, 6.07) is 0. The quantitative estimate of drug-likeness (QED) is 0.125. The Morgan fingerprint density at radius 2 is 1.00 bits per heavy atom. The van der Waals surface area contributed by atoms with Gasteiger partial charge in [0.2, 0.25) is 0 Å². The second-order valence-corrected chi connectivity index (χ2v) is 4.56. The Morgan fingerprint density at radius 3 is 1.00 bits per heavy atom. The summed E-state index contributed by atoms with van der Waals surface area (Å²) in [7, 11) is -5.17. The summed E-state index contributed by atoms with van der Waals surface area (Å²) in [5, 5.41) is 13.6. The fourth-order valence-electron chi connectivity index (χ4n) is 0. The normalized spacial score (nSPS) is 8.18. The molecule has 0 unspecified atom stereocenters. The first-order valence-corrected chi connectivity index (χ1v) is 7.62. The van der Waals surface area contributed by atoms with E-state index in [0.29, 0.717) is 0 Å². The molecule has 0 atom stereocenters. The standard InChI is InChI=1S/3Li.HNO3.H2O4S.4O.Re/c;;;2-1(3)4;1-5(2,3)4;;;;;/h;;;(H,2,3,4);(H2,1,2,3,4);;;;;/q3*+1;;;;;;-1;/p-2. The predicted molar refractivity (Wildman–Crippen MR) is 21.3 cm³/mol. The maximum atomic E-state index is 8.64. The van der Waals surface area contributed by atoms with Crippen LogP contribution in [0.1, 0.15) is 0 Å². The van der Waals surface area contributed by atoms with Gasteiger partial charge >= 0.3 is 86.6 Å². The molecular formula is HLi3NO11ReS. The molecule has 0 saturated carbocycles. The molecule has 0 bridgehead atoms. The van der Waals surface area contributed by atoms with Gasteiger partial charge in [-0.15, -0.1) is 10.1 Å². The molecule has 0 rings (SSSR count). The van der Waals surface area contributed by atoms with Gasteiger partial charge in [-0.25, -0.2) is 0 Å². The van der Waals surface area contributed by atoms with Crippen molar-refractivity contribution in [2.45, 2.75) is 0 Å². The monoisotopic (exact) mass is 431 g/mol. The first-order valence-electron chi connectivity index (χ1n) is 1.85. The molecule has 0 aromatic rings. The average Bonchev–Trinajstić information content (AvgIpc) is 1.45. The molecule has 0 aromatic carbocycles. The van der Waals surface area contributed by atoms with Crippen molar-refractivity contribution in [1.82, 2.24) is 0 Å². The fraction of sp³-hybridized carbons (Fsp3) is 0. The summed E-state index contributed by atoms with van der Waals surface area (Å²) in [6.45, 7) is 0. The van der Waals surface area contributed by atoms with Crippen LogP contribution in [0.15, 0.2) is 0 Å². The van der Waals surface area contributed by atoms with Crippen molar-refractivity contribution in [3.8, 4) is 0 Å². The van der Waals surface area contributed by atoms with E-state index in [4.69, 9.17) is 47.1 Å². The molecule has 17 heavy (non-hydrogen) atoms. The summed E-state index contributed by atoms with van der Waals surface area (Å²) in [5.74, 6) is 0. The van der Waals surface area contributed by atoms with E-state index in [2.05, 4.69) is 0 Å². The topological polar surface area (TPSA) is 218 Å². The zero-order chi connectivity index (χ0) is 12.6. The Morgan fingerprint density at radius 1 is 1.00 bits per heavy atom. The van der Waals surface area contributed by atoms with Gasteiger partial charge in [0.05, 0.1) is 0 Å². The Bertz CT molecular complexity index is 374. The van der Waals surface area contributed by atoms with Crippen LogP contribution in [0.5, 0.6) is 0 Å². The van der Waals surface area contributed by atoms with Crippen molar-refractivity contribution in [2.75, 3.05) is 0 Å². The van der Waals surface area contributed by atoms with Crippen molar-refractivity contribution in [2.24, 2.45) is 0 Å². The van der Waals surface area contributed by atoms with Gasteiger partial charge in [-0.1, -0.05) is 0 Å². The third-order valence-corrected chi connectivity index (χ3v) is 0. The van der Waals surface area contributed by atoms with Gasteiger partial charge in [0, 0.05) is 10.4 Å². The molecular weight excluding hydrogens is 429 g/mol. The van der Waals surface area contributed by atoms with Gasteiger partial charge in [-0.2, -0.15) is 0 Å². The molecule has 0 aliphatic rings. The zero-order valence-electron chi connectivity index (χ0n) is 8.76. The summed E-state index contributed by atoms with van der Waals surface area (Å²) >= 11 is -6.11. The van der Waals surface area contributed by atoms with Gasteiger partial charge in [-0.05, 0) is 0 Å². The molecule has 0 fully saturated rings. The molecule has 0 radical (unpaired) electrons. The molecule has 0 aliphatic carbocycles. The first kappa shape index (κ1) is 36.1. The van der Waals surface area contributed by atoms with E-state index in [-0.39, 0.29) is 56.6 Å². The Labute approximate surface area is 134 Å². The molecule has 0 aliphatic heterocycles. The average molecular weight is 430 g/mol. The third kappa shape index (κ3) is 4780. The first-order chi connectivity index (χ1) is 5.73. The van der Waals surface area contributed by atoms with Gasteiger partial charge in [-0.3, -0.25) is 8.42 Å². The number of rotatable bonds is 0. The van der Waals surface area contributed by atoms with Crippen molar-refractivity contribution >= 4 is 10.4 Å². The predicted octanol–water partition coefficient (Wildman–Crippen LogP) is -12.2. The molecule has 0 spiro atoms. The Kier molecular flexibility index (Phi) is 35.9. The number of hydrogen-bond donors (Lipinski definition) is 1. The molecule has 0 aromatic heterocycles. The molecule has 12 nitrogen and oxygen atoms in total. The molecule has 0 heterocycles. The summed E-state index contributed by atoms with van der Waals surface area (Å²) < 4.78 is 68.6. The molecule has 0 amide bonds. The Balaban J connectivity index is -0.0000000247. The second kappa shape index (κ2) is 16.9. The maximum absolute atomic E-state index is 8.64. The molecule has 1 N–H and O–H groups in total. The number of hydrogen-bond acceptors (Lipinski definition) is 10. The zero-order valence-corrected chi connectivity index (χ0v) is 12.3. The van der Waals surface area contributed by atoms with Crippen LogP contribution in [0.4, 0.5) is 0 Å². The minimum absolute atomic E-state index is 0. The van der Waals surface area contributed by atoms with Gasteiger partial charge in [0.1, 0.15) is 0 Å². The SMILES string of the molecule is O=S(=O)([O-])[O-].O=[N+]([O-])O.[Li+].[Li+].[Li+].[O]=[Re](=[O])(=[O])[O-]. The van der Waals surface area contributed by atoms with E-state index in [0.717, 1.165) is 0 Å². The van der Waals surface area contributed by atoms with Crippen LogP contribution >= 0.6 is 0 Å². The summed E-state index contributed by atoms with van der Waals surface area (Å²) in [5.41, 5.74) is 0. The van der Waals surface area contributed by atoms with Crippen molar-refractivity contribution in [3.63, 3.8) is 0 Å². The summed E-state index contributed by atoms with van der Waals surface area (Å²) in [4.78, 5) is 8.36. The van der Waals surface area contributed by atoms with Crippen LogP contribution < -0.4 is 60.4 Å². The van der Waals surface area contributed by atoms with E-state index in [1.54, 1.807) is 0 Å². The van der Waals surface area contributed by atoms with Gasteiger partial charge in [0.25, 0.3) is 5.09 Å². The van der Waals surface area contributed by atoms with Gasteiger partial charge < -0.3 is 14.3 Å². The Hall–Kier alpha value is 0.885. The van der Waals surface area contributed by atoms with E-state index in [9.17, 15) is 0 Å². The molecule has 0 saturated heterocycles. The van der Waals surface area contributed by atoms with Crippen LogP contribution in [0.2, 0.25) is 0 Å². The van der Waals surface area contributed by atoms with Crippen LogP contribution in [0.3, 0.4) is 0 Å². The van der Waals surface area contributed by atoms with Crippen LogP contribution in [0, 0.1) is 10.1 Å². The minimum atomic E-state index is -6.11. The van der Waals surface area contributed by atoms with Crippen LogP contribution in [-0.4, -0.2) is 27.8 Å². The van der Waals surface area contributed by atoms with Crippen molar-refractivity contribution in [1.29, 1.82) is 0 Å². The fourth-order valence-corrected chi connectivity index (χ4v) is 0. The van der Waals surface area contributed by atoms with Gasteiger partial charge in [0.15, 0.2) is 0 Å². The van der Waals surface area contributed by atoms with Crippen LogP contribution in [0.25, 0.3) is 0 Å². The van der Waals surface area contributed by atoms with Crippen molar-refractivity contribution < 1.29 is 114 Å². The van der Waals surface area contributed by atoms with E-state index < -0.39 is 31.3 Å². The molecule has 17 heteroatoms. The molecule has 88 valence electrons.